The van der Waals surface area contributed by atoms with Gasteiger partial charge in [-0.05, 0) is 42.1 Å². The van der Waals surface area contributed by atoms with Crippen molar-refractivity contribution in [2.24, 2.45) is 4.99 Å². The third-order valence-electron chi connectivity index (χ3n) is 3.97. The maximum Gasteiger partial charge on any atom is 0.677 e. The first kappa shape index (κ1) is 16.9. The average molecular weight is 339 g/mol. The topological polar surface area (TPSA) is 37.6 Å². The molecule has 0 unspecified atom stereocenters. The summed E-state index contributed by atoms with van der Waals surface area (Å²) in [6.45, 7) is 0. The molecule has 4 nitrogen and oxygen atoms in total. The number of halogens is 2. The molecule has 1 aliphatic rings. The zero-order valence-electron chi connectivity index (χ0n) is 13.9. The molecule has 1 aliphatic heterocycles. The minimum absolute atomic E-state index is 0.350. The largest absolute Gasteiger partial charge is 0.677 e. The normalized spacial score (nSPS) is 15.1. The molecular weight excluding hydrogens is 323 g/mol. The summed E-state index contributed by atoms with van der Waals surface area (Å²) in [6, 6.07) is 10.7. The van der Waals surface area contributed by atoms with Gasteiger partial charge in [0.15, 0.2) is 6.29 Å². The lowest BCUT2D eigenvalue weighted by molar-refractivity contribution is -0.104. The Morgan fingerprint density at radius 3 is 2.48 bits per heavy atom. The lowest BCUT2D eigenvalue weighted by Gasteiger charge is -2.16. The minimum atomic E-state index is -2.67. The average Bonchev–Trinajstić information content (AvgIpc) is 3.25. The van der Waals surface area contributed by atoms with Crippen molar-refractivity contribution in [2.75, 3.05) is 19.0 Å². The van der Waals surface area contributed by atoms with Crippen molar-refractivity contribution in [3.8, 4) is 0 Å². The van der Waals surface area contributed by atoms with E-state index in [0.717, 1.165) is 15.7 Å². The molecule has 7 heteroatoms. The van der Waals surface area contributed by atoms with Crippen molar-refractivity contribution < 1.29 is 13.4 Å². The van der Waals surface area contributed by atoms with Gasteiger partial charge in [-0.2, -0.15) is 0 Å². The third kappa shape index (κ3) is 3.31. The molecule has 0 amide bonds. The van der Waals surface area contributed by atoms with E-state index >= 15 is 0 Å². The first-order valence-electron chi connectivity index (χ1n) is 7.69. The fraction of sp³-hybridized carbons (Fsp3) is 0.111. The van der Waals surface area contributed by atoms with Gasteiger partial charge >= 0.3 is 7.40 Å². The smallest absolute Gasteiger partial charge is 0.378 e. The van der Waals surface area contributed by atoms with Crippen LogP contribution in [0, 0.1) is 0 Å². The maximum absolute atomic E-state index is 13.4. The summed E-state index contributed by atoms with van der Waals surface area (Å²) in [5.74, 6) is 0. The van der Waals surface area contributed by atoms with Gasteiger partial charge in [-0.25, -0.2) is 0 Å². The van der Waals surface area contributed by atoms with Gasteiger partial charge in [-0.3, -0.25) is 18.4 Å². The predicted molar refractivity (Wildman–Crippen MR) is 97.2 cm³/mol. The van der Waals surface area contributed by atoms with Crippen LogP contribution in [0.4, 0.5) is 14.3 Å². The van der Waals surface area contributed by atoms with Gasteiger partial charge in [0.2, 0.25) is 0 Å². The fourth-order valence-electron chi connectivity index (χ4n) is 2.71. The Hall–Kier alpha value is -2.96. The molecular formula is C18H16BF2N3O. The van der Waals surface area contributed by atoms with Crippen LogP contribution in [0.5, 0.6) is 0 Å². The molecule has 0 aliphatic carbocycles. The number of benzene rings is 1. The number of carbonyl (C=O) groups excluding carboxylic acids is 1. The zero-order valence-corrected chi connectivity index (χ0v) is 13.9. The molecule has 2 aromatic rings. The molecule has 1 aromatic carbocycles. The summed E-state index contributed by atoms with van der Waals surface area (Å²) in [7, 11) is 1.19. The third-order valence-corrected chi connectivity index (χ3v) is 3.97. The van der Waals surface area contributed by atoms with E-state index in [0.29, 0.717) is 28.8 Å². The summed E-state index contributed by atoms with van der Waals surface area (Å²) >= 11 is 0. The number of hydrogen-bond donors (Lipinski definition) is 0. The first-order chi connectivity index (χ1) is 12.0. The van der Waals surface area contributed by atoms with E-state index in [4.69, 9.17) is 0 Å². The van der Waals surface area contributed by atoms with Crippen molar-refractivity contribution in [1.82, 2.24) is 4.48 Å². The zero-order chi connectivity index (χ0) is 18.0. The molecule has 0 atom stereocenters. The van der Waals surface area contributed by atoms with Gasteiger partial charge in [-0.1, -0.05) is 12.1 Å². The van der Waals surface area contributed by atoms with E-state index in [1.54, 1.807) is 18.2 Å². The number of aldehydes is 1. The monoisotopic (exact) mass is 339 g/mol. The highest BCUT2D eigenvalue weighted by atomic mass is 19.2. The van der Waals surface area contributed by atoms with Crippen LogP contribution in [0.25, 0.3) is 5.57 Å². The van der Waals surface area contributed by atoms with Crippen LogP contribution in [0.1, 0.15) is 11.3 Å². The van der Waals surface area contributed by atoms with Crippen molar-refractivity contribution in [3.05, 3.63) is 71.2 Å². The molecule has 25 heavy (non-hydrogen) atoms. The van der Waals surface area contributed by atoms with Crippen molar-refractivity contribution in [3.63, 3.8) is 0 Å². The molecule has 0 saturated carbocycles. The number of nitrogens with zero attached hydrogens (tertiary/aromatic N) is 3. The second-order valence-corrected chi connectivity index (χ2v) is 5.80. The minimum Gasteiger partial charge on any atom is -0.378 e. The molecule has 126 valence electrons. The molecule has 0 N–H and O–H groups in total. The molecule has 1 aromatic heterocycles. The predicted octanol–water partition coefficient (Wildman–Crippen LogP) is 3.30. The van der Waals surface area contributed by atoms with Crippen LogP contribution in [0.3, 0.4) is 0 Å². The van der Waals surface area contributed by atoms with Gasteiger partial charge in [0, 0.05) is 42.8 Å². The number of allylic oxidation sites excluding steroid dienone is 2. The van der Waals surface area contributed by atoms with Crippen LogP contribution < -0.4 is 4.90 Å². The summed E-state index contributed by atoms with van der Waals surface area (Å²) in [5.41, 5.74) is 3.55. The fourth-order valence-corrected chi connectivity index (χ4v) is 2.71. The van der Waals surface area contributed by atoms with E-state index in [-0.39, 0.29) is 0 Å². The molecule has 0 fully saturated rings. The lowest BCUT2D eigenvalue weighted by Crippen LogP contribution is -2.15. The SMILES string of the molecule is CN(C)c1ccc(/C(=C2\C=C(C=O)C=N2)c2cccn2B(F)F)cc1. The molecule has 0 bridgehead atoms. The Balaban J connectivity index is 2.19. The first-order valence-corrected chi connectivity index (χ1v) is 7.69. The van der Waals surface area contributed by atoms with Gasteiger partial charge in [0.1, 0.15) is 0 Å². The highest BCUT2D eigenvalue weighted by molar-refractivity contribution is 6.41. The Bertz CT molecular complexity index is 880. The number of rotatable bonds is 5. The second kappa shape index (κ2) is 6.89. The van der Waals surface area contributed by atoms with Crippen molar-refractivity contribution >= 4 is 31.2 Å². The lowest BCUT2D eigenvalue weighted by atomic mass is 9.98. The highest BCUT2D eigenvalue weighted by Crippen LogP contribution is 2.32. The van der Waals surface area contributed by atoms with Crippen LogP contribution in [0.2, 0.25) is 0 Å². The van der Waals surface area contributed by atoms with E-state index in [9.17, 15) is 13.4 Å². The van der Waals surface area contributed by atoms with Crippen LogP contribution >= 0.6 is 0 Å². The number of carbonyl (C=O) groups is 1. The Morgan fingerprint density at radius 1 is 1.20 bits per heavy atom. The van der Waals surface area contributed by atoms with E-state index < -0.39 is 7.40 Å². The molecule has 0 spiro atoms. The summed E-state index contributed by atoms with van der Waals surface area (Å²) < 4.78 is 27.6. The molecule has 0 saturated heterocycles. The summed E-state index contributed by atoms with van der Waals surface area (Å²) in [4.78, 5) is 17.2. The number of anilines is 1. The van der Waals surface area contributed by atoms with E-state index in [2.05, 4.69) is 4.99 Å². The second-order valence-electron chi connectivity index (χ2n) is 5.80. The van der Waals surface area contributed by atoms with Crippen LogP contribution in [-0.4, -0.2) is 38.5 Å². The van der Waals surface area contributed by atoms with Gasteiger partial charge in [-0.15, -0.1) is 0 Å². The summed E-state index contributed by atoms with van der Waals surface area (Å²) in [6.07, 6.45) is 5.06. The Morgan fingerprint density at radius 2 is 1.92 bits per heavy atom. The summed E-state index contributed by atoms with van der Waals surface area (Å²) in [5, 5.41) is 0. The van der Waals surface area contributed by atoms with Gasteiger partial charge in [0.25, 0.3) is 0 Å². The molecule has 3 rings (SSSR count). The highest BCUT2D eigenvalue weighted by Gasteiger charge is 2.24. The van der Waals surface area contributed by atoms with Gasteiger partial charge < -0.3 is 9.38 Å². The number of hydrogen-bond acceptors (Lipinski definition) is 3. The van der Waals surface area contributed by atoms with Gasteiger partial charge in [0.05, 0.1) is 5.70 Å². The van der Waals surface area contributed by atoms with Crippen molar-refractivity contribution in [1.29, 1.82) is 0 Å². The Labute approximate surface area is 145 Å². The molecule has 0 radical (unpaired) electrons. The van der Waals surface area contributed by atoms with E-state index in [1.165, 1.54) is 12.4 Å². The maximum atomic E-state index is 13.4. The Kier molecular flexibility index (Phi) is 4.65. The number of aliphatic imine (C=N–C) groups is 1. The van der Waals surface area contributed by atoms with Crippen molar-refractivity contribution in [2.45, 2.75) is 0 Å². The van der Waals surface area contributed by atoms with Crippen LogP contribution in [-0.2, 0) is 4.79 Å². The molecule has 2 heterocycles. The number of aromatic nitrogens is 1. The quantitative estimate of drug-likeness (QED) is 0.619. The van der Waals surface area contributed by atoms with E-state index in [1.807, 2.05) is 43.3 Å². The van der Waals surface area contributed by atoms with Crippen LogP contribution in [0.15, 0.2) is 64.9 Å². The standard InChI is InChI=1S/C18H16BF2N3O/c1-23(2)15-7-5-14(6-8-15)18(16-10-13(12-25)11-22-16)17-4-3-9-24(17)19(20)21/h3-12H,1-2H3/b18-16-.